The second kappa shape index (κ2) is 8.50. The van der Waals surface area contributed by atoms with Gasteiger partial charge in [0.2, 0.25) is 0 Å². The summed E-state index contributed by atoms with van der Waals surface area (Å²) in [7, 11) is 2.18. The molecule has 172 valence electrons. The summed E-state index contributed by atoms with van der Waals surface area (Å²) in [6, 6.07) is 19.3. The number of likely N-dealkylation sites (tertiary alicyclic amines) is 1. The maximum absolute atomic E-state index is 9.68. The molecule has 0 atom stereocenters. The van der Waals surface area contributed by atoms with Crippen LogP contribution in [0.15, 0.2) is 60.7 Å². The van der Waals surface area contributed by atoms with Gasteiger partial charge in [0.15, 0.2) is 0 Å². The van der Waals surface area contributed by atoms with Crippen LogP contribution in [0.3, 0.4) is 0 Å². The second-order valence-corrected chi connectivity index (χ2v) is 9.19. The number of nitrogens with zero attached hydrogens (tertiary/aromatic N) is 3. The lowest BCUT2D eigenvalue weighted by atomic mass is 9.98. The normalized spacial score (nSPS) is 15.3. The quantitative estimate of drug-likeness (QED) is 0.340. The van der Waals surface area contributed by atoms with Crippen molar-refractivity contribution in [3.63, 3.8) is 0 Å². The van der Waals surface area contributed by atoms with Crippen molar-refractivity contribution in [1.29, 1.82) is 0 Å². The number of imidazole rings is 2. The number of benzene rings is 3. The van der Waals surface area contributed by atoms with Crippen LogP contribution in [0, 0.1) is 5.92 Å². The average Bonchev–Trinajstić information content (AvgIpc) is 3.47. The molecule has 0 saturated carbocycles. The Morgan fingerprint density at radius 2 is 1.44 bits per heavy atom. The largest absolute Gasteiger partial charge is 0.508 e. The summed E-state index contributed by atoms with van der Waals surface area (Å²) in [6.45, 7) is 3.06. The summed E-state index contributed by atoms with van der Waals surface area (Å²) in [4.78, 5) is 18.5. The maximum Gasteiger partial charge on any atom is 0.138 e. The predicted molar refractivity (Wildman–Crippen MR) is 134 cm³/mol. The monoisotopic (exact) mass is 453 g/mol. The van der Waals surface area contributed by atoms with Gasteiger partial charge in [0.1, 0.15) is 23.1 Å². The van der Waals surface area contributed by atoms with Crippen molar-refractivity contribution in [3.05, 3.63) is 60.7 Å². The molecule has 0 amide bonds. The lowest BCUT2D eigenvalue weighted by Crippen LogP contribution is -2.32. The number of hydrogen-bond acceptors (Lipinski definition) is 5. The maximum atomic E-state index is 9.68. The van der Waals surface area contributed by atoms with Crippen molar-refractivity contribution in [2.24, 2.45) is 5.92 Å². The number of aromatic nitrogens is 4. The molecule has 5 aromatic rings. The molecule has 7 nitrogen and oxygen atoms in total. The smallest absolute Gasteiger partial charge is 0.138 e. The number of ether oxygens (including phenoxy) is 1. The Hall–Kier alpha value is -3.84. The Kier molecular flexibility index (Phi) is 5.19. The summed E-state index contributed by atoms with van der Waals surface area (Å²) in [5.41, 5.74) is 5.50. The van der Waals surface area contributed by atoms with E-state index in [0.717, 1.165) is 70.3 Å². The summed E-state index contributed by atoms with van der Waals surface area (Å²) in [6.07, 6.45) is 2.39. The van der Waals surface area contributed by atoms with Crippen LogP contribution < -0.4 is 4.74 Å². The van der Waals surface area contributed by atoms with E-state index in [1.165, 1.54) is 12.8 Å². The van der Waals surface area contributed by atoms with Crippen LogP contribution in [0.5, 0.6) is 11.5 Å². The first-order valence-electron chi connectivity index (χ1n) is 11.7. The minimum absolute atomic E-state index is 0.221. The highest BCUT2D eigenvalue weighted by atomic mass is 16.5. The fourth-order valence-corrected chi connectivity index (χ4v) is 4.58. The molecule has 7 heteroatoms. The van der Waals surface area contributed by atoms with E-state index in [1.54, 1.807) is 18.2 Å². The second-order valence-electron chi connectivity index (χ2n) is 9.19. The van der Waals surface area contributed by atoms with E-state index in [9.17, 15) is 5.11 Å². The fourth-order valence-electron chi connectivity index (χ4n) is 4.58. The van der Waals surface area contributed by atoms with Gasteiger partial charge in [0.05, 0.1) is 28.7 Å². The van der Waals surface area contributed by atoms with Gasteiger partial charge >= 0.3 is 0 Å². The third-order valence-corrected chi connectivity index (χ3v) is 6.67. The third-order valence-electron chi connectivity index (χ3n) is 6.67. The number of hydrogen-bond donors (Lipinski definition) is 3. The molecule has 1 saturated heterocycles. The molecule has 0 radical (unpaired) electrons. The fraction of sp³-hybridized carbons (Fsp3) is 0.259. The molecule has 0 spiro atoms. The van der Waals surface area contributed by atoms with Gasteiger partial charge in [0, 0.05) is 23.3 Å². The first-order valence-corrected chi connectivity index (χ1v) is 11.7. The molecule has 0 aliphatic carbocycles. The molecule has 3 heterocycles. The van der Waals surface area contributed by atoms with E-state index in [-0.39, 0.29) is 5.75 Å². The highest BCUT2D eigenvalue weighted by Gasteiger charge is 2.17. The molecular formula is C27H27N5O2. The molecule has 2 aromatic heterocycles. The Morgan fingerprint density at radius 3 is 2.09 bits per heavy atom. The van der Waals surface area contributed by atoms with E-state index < -0.39 is 0 Å². The minimum Gasteiger partial charge on any atom is -0.508 e. The number of piperidine rings is 1. The van der Waals surface area contributed by atoms with Gasteiger partial charge in [-0.1, -0.05) is 24.3 Å². The highest BCUT2D eigenvalue weighted by molar-refractivity contribution is 5.82. The van der Waals surface area contributed by atoms with Crippen molar-refractivity contribution < 1.29 is 9.84 Å². The number of phenols is 1. The van der Waals surface area contributed by atoms with E-state index >= 15 is 0 Å². The number of rotatable bonds is 5. The molecule has 3 aromatic carbocycles. The van der Waals surface area contributed by atoms with Crippen molar-refractivity contribution in [2.45, 2.75) is 12.8 Å². The number of nitrogens with one attached hydrogen (secondary N) is 2. The lowest BCUT2D eigenvalue weighted by Gasteiger charge is -2.28. The topological polar surface area (TPSA) is 90.1 Å². The first-order chi connectivity index (χ1) is 16.6. The molecule has 1 aliphatic heterocycles. The molecule has 1 aliphatic rings. The summed E-state index contributed by atoms with van der Waals surface area (Å²) in [5, 5.41) is 9.68. The van der Waals surface area contributed by atoms with Crippen molar-refractivity contribution in [1.82, 2.24) is 24.8 Å². The van der Waals surface area contributed by atoms with Crippen molar-refractivity contribution in [2.75, 3.05) is 26.7 Å². The molecule has 3 N–H and O–H groups in total. The Balaban J connectivity index is 1.18. The van der Waals surface area contributed by atoms with Gasteiger partial charge in [0.25, 0.3) is 0 Å². The van der Waals surface area contributed by atoms with Crippen LogP contribution in [0.1, 0.15) is 12.8 Å². The summed E-state index contributed by atoms with van der Waals surface area (Å²) in [5.74, 6) is 3.32. The van der Waals surface area contributed by atoms with Gasteiger partial charge < -0.3 is 24.7 Å². The van der Waals surface area contributed by atoms with E-state index in [1.807, 2.05) is 42.5 Å². The number of aromatic hydroxyl groups is 1. The molecular weight excluding hydrogens is 426 g/mol. The van der Waals surface area contributed by atoms with Gasteiger partial charge in [-0.3, -0.25) is 0 Å². The van der Waals surface area contributed by atoms with E-state index in [2.05, 4.69) is 26.9 Å². The average molecular weight is 454 g/mol. The van der Waals surface area contributed by atoms with Crippen LogP contribution >= 0.6 is 0 Å². The Morgan fingerprint density at radius 1 is 0.853 bits per heavy atom. The van der Waals surface area contributed by atoms with Gasteiger partial charge in [-0.05, 0) is 63.2 Å². The van der Waals surface area contributed by atoms with Gasteiger partial charge in [-0.25, -0.2) is 9.97 Å². The molecule has 0 bridgehead atoms. The Labute approximate surface area is 197 Å². The zero-order valence-electron chi connectivity index (χ0n) is 19.1. The summed E-state index contributed by atoms with van der Waals surface area (Å²) < 4.78 is 6.11. The molecule has 1 fully saturated rings. The van der Waals surface area contributed by atoms with Crippen LogP contribution in [-0.2, 0) is 0 Å². The Bertz CT molecular complexity index is 1450. The van der Waals surface area contributed by atoms with Crippen molar-refractivity contribution in [3.8, 4) is 34.3 Å². The number of phenolic OH excluding ortho intramolecular Hbond substituents is 1. The number of fused-ring (bicyclic) bond motifs is 2. The highest BCUT2D eigenvalue weighted by Crippen LogP contribution is 2.28. The zero-order valence-corrected chi connectivity index (χ0v) is 19.1. The van der Waals surface area contributed by atoms with E-state index in [4.69, 9.17) is 9.72 Å². The lowest BCUT2D eigenvalue weighted by molar-refractivity contribution is 0.160. The number of aromatic amines is 2. The third kappa shape index (κ3) is 4.10. The van der Waals surface area contributed by atoms with Crippen LogP contribution in [0.4, 0.5) is 0 Å². The molecule has 34 heavy (non-hydrogen) atoms. The molecule has 6 rings (SSSR count). The SMILES string of the molecule is CN1CCC(COc2ccc3nc(-c4ccc(-c5nc6ccc(O)cc6[nH]5)cc4)[nH]c3c2)CC1. The molecule has 0 unspecified atom stereocenters. The predicted octanol–water partition coefficient (Wildman–Crippen LogP) is 5.20. The standard InChI is InChI=1S/C27H27N5O2/c1-32-12-10-17(11-13-32)16-34-21-7-9-23-25(15-21)31-27(29-23)19-4-2-18(3-5-19)26-28-22-8-6-20(33)14-24(22)30-26/h2-9,14-15,17,33H,10-13,16H2,1H3,(H,28,30)(H,29,31). The van der Waals surface area contributed by atoms with Crippen LogP contribution in [-0.4, -0.2) is 56.7 Å². The van der Waals surface area contributed by atoms with Crippen LogP contribution in [0.25, 0.3) is 44.8 Å². The van der Waals surface area contributed by atoms with Crippen molar-refractivity contribution >= 4 is 22.1 Å². The van der Waals surface area contributed by atoms with Gasteiger partial charge in [-0.15, -0.1) is 0 Å². The van der Waals surface area contributed by atoms with Gasteiger partial charge in [-0.2, -0.15) is 0 Å². The van der Waals surface area contributed by atoms with E-state index in [0.29, 0.717) is 5.92 Å². The summed E-state index contributed by atoms with van der Waals surface area (Å²) >= 11 is 0. The van der Waals surface area contributed by atoms with Crippen LogP contribution in [0.2, 0.25) is 0 Å². The number of H-pyrrole nitrogens is 2. The first kappa shape index (κ1) is 20.7. The minimum atomic E-state index is 0.221. The zero-order chi connectivity index (χ0) is 23.1.